The Kier molecular flexibility index (Phi) is 79.2. The number of likely N-dealkylation sites (N-methyl/N-ethyl adjacent to an activating group) is 2. The summed E-state index contributed by atoms with van der Waals surface area (Å²) in [7, 11) is 6.09. The monoisotopic (exact) mass is 1060 g/mol. The maximum atomic E-state index is 11.4. The van der Waals surface area contributed by atoms with Crippen molar-refractivity contribution < 1.29 is 104 Å². The quantitative estimate of drug-likeness (QED) is 0.0164. The fourth-order valence-electron chi connectivity index (χ4n) is 4.14. The molecule has 0 aliphatic heterocycles. The molecule has 10 heteroatoms. The van der Waals surface area contributed by atoms with Crippen molar-refractivity contribution in [2.24, 2.45) is 35.5 Å². The van der Waals surface area contributed by atoms with Gasteiger partial charge in [0.25, 0.3) is 11.8 Å². The van der Waals surface area contributed by atoms with Crippen molar-refractivity contribution in [3.8, 4) is 0 Å². The number of nitrogens with zero attached hydrogens (tertiary/aromatic N) is 2. The van der Waals surface area contributed by atoms with Gasteiger partial charge >= 0.3 is 51.4 Å². The van der Waals surface area contributed by atoms with E-state index in [-0.39, 0.29) is 94.6 Å². The van der Waals surface area contributed by atoms with E-state index >= 15 is 0 Å². The van der Waals surface area contributed by atoms with E-state index in [1.807, 2.05) is 38.2 Å². The molecule has 0 aliphatic rings. The number of rotatable bonds is 26. The number of halogens is 1. The molecule has 66 heavy (non-hydrogen) atoms. The van der Waals surface area contributed by atoms with E-state index in [0.717, 1.165) is 31.8 Å². The summed E-state index contributed by atoms with van der Waals surface area (Å²) in [5.41, 5.74) is 0. The zero-order chi connectivity index (χ0) is 49.1. The Morgan fingerprint density at radius 3 is 1.09 bits per heavy atom. The summed E-state index contributed by atoms with van der Waals surface area (Å²) in [5.74, 6) is 3.01. The van der Waals surface area contributed by atoms with Crippen LogP contribution in [0.2, 0.25) is 0 Å². The molecule has 0 fully saturated rings. The molecule has 0 saturated heterocycles. The number of hydrogen-bond donors (Lipinski definition) is 0. The SMILES string of the molecule is CC.CCC[C@@H](C)/C=C/C=C/C(=O)N(C)OC.CC[C@@H](C)/C=C/C=C\C[C@@H](C)/C=C/C=C/C(=O)N(C)OC.CC[C@@H](C)/C=C/C=C\C[C@@H](C)/C=C/C=C/C=O.CC[C@@H](C)/C=C/C=O.[CH3-].[I-].[K+]. The van der Waals surface area contributed by atoms with E-state index in [1.165, 1.54) is 68.3 Å². The zero-order valence-corrected chi connectivity index (χ0v) is 50.3. The van der Waals surface area contributed by atoms with Crippen molar-refractivity contribution in [2.75, 3.05) is 28.3 Å². The van der Waals surface area contributed by atoms with Crippen molar-refractivity contribution in [3.05, 3.63) is 141 Å². The molecule has 0 heterocycles. The molecule has 0 saturated carbocycles. The van der Waals surface area contributed by atoms with Crippen molar-refractivity contribution in [2.45, 2.75) is 128 Å². The zero-order valence-electron chi connectivity index (χ0n) is 45.0. The first kappa shape index (κ1) is 80.7. The number of carbonyl (C=O) groups excluding carboxylic acids is 4. The third-order valence-electron chi connectivity index (χ3n) is 9.07. The summed E-state index contributed by atoms with van der Waals surface area (Å²) in [5, 5.41) is 2.36. The second-order valence-electron chi connectivity index (χ2n) is 14.9. The number of amides is 2. The molecule has 0 aromatic carbocycles. The molecule has 0 rings (SSSR count). The van der Waals surface area contributed by atoms with Gasteiger partial charge < -0.3 is 31.4 Å². The molecule has 0 radical (unpaired) electrons. The molecule has 0 unspecified atom stereocenters. The second-order valence-corrected chi connectivity index (χ2v) is 14.9. The van der Waals surface area contributed by atoms with E-state index in [2.05, 4.69) is 136 Å². The summed E-state index contributed by atoms with van der Waals surface area (Å²) in [6.45, 7) is 25.6. The van der Waals surface area contributed by atoms with Crippen LogP contribution in [0.15, 0.2) is 134 Å². The van der Waals surface area contributed by atoms with Crippen LogP contribution in [0, 0.1) is 42.9 Å². The minimum atomic E-state index is -0.176. The molecule has 0 spiro atoms. The van der Waals surface area contributed by atoms with Crippen LogP contribution in [0.1, 0.15) is 128 Å². The van der Waals surface area contributed by atoms with Crippen LogP contribution in [-0.2, 0) is 28.9 Å². The maximum absolute atomic E-state index is 11.4. The summed E-state index contributed by atoms with van der Waals surface area (Å²) in [6.07, 6.45) is 51.8. The molecule has 0 aromatic rings. The number of allylic oxidation sites excluding steroid dienone is 20. The first-order chi connectivity index (χ1) is 30.1. The van der Waals surface area contributed by atoms with Gasteiger partial charge in [-0.15, -0.1) is 0 Å². The molecule has 0 aromatic heterocycles. The maximum Gasteiger partial charge on any atom is 1.00 e. The smallest absolute Gasteiger partial charge is 1.00 e. The molecule has 6 atom stereocenters. The van der Waals surface area contributed by atoms with Crippen LogP contribution in [0.5, 0.6) is 0 Å². The van der Waals surface area contributed by atoms with Crippen LogP contribution in [0.3, 0.4) is 0 Å². The first-order valence-corrected chi connectivity index (χ1v) is 23.0. The average molecular weight is 1060 g/mol. The fourth-order valence-corrected chi connectivity index (χ4v) is 4.14. The third kappa shape index (κ3) is 66.0. The van der Waals surface area contributed by atoms with E-state index in [0.29, 0.717) is 35.5 Å². The van der Waals surface area contributed by atoms with E-state index in [9.17, 15) is 19.2 Å². The van der Waals surface area contributed by atoms with Crippen LogP contribution in [0.25, 0.3) is 0 Å². The summed E-state index contributed by atoms with van der Waals surface area (Å²) in [6, 6.07) is 0. The Morgan fingerprint density at radius 1 is 0.470 bits per heavy atom. The third-order valence-corrected chi connectivity index (χ3v) is 9.07. The van der Waals surface area contributed by atoms with Gasteiger partial charge in [-0.3, -0.25) is 28.9 Å². The van der Waals surface area contributed by atoms with E-state index in [4.69, 9.17) is 9.68 Å². The van der Waals surface area contributed by atoms with Gasteiger partial charge in [0.05, 0.1) is 14.2 Å². The fraction of sp³-hybridized carbons (Fsp3) is 0.518. The van der Waals surface area contributed by atoms with Gasteiger partial charge in [0, 0.05) is 26.2 Å². The van der Waals surface area contributed by atoms with Gasteiger partial charge in [-0.1, -0.05) is 218 Å². The molecule has 0 aliphatic carbocycles. The normalized spacial score (nSPS) is 14.1. The van der Waals surface area contributed by atoms with Gasteiger partial charge in [-0.2, -0.15) is 0 Å². The van der Waals surface area contributed by atoms with Crippen molar-refractivity contribution in [3.63, 3.8) is 0 Å². The molecule has 374 valence electrons. The van der Waals surface area contributed by atoms with E-state index < -0.39 is 0 Å². The minimum absolute atomic E-state index is 0. The van der Waals surface area contributed by atoms with Crippen LogP contribution in [-0.4, -0.2) is 62.8 Å². The van der Waals surface area contributed by atoms with Gasteiger partial charge in [-0.25, -0.2) is 10.1 Å². The van der Waals surface area contributed by atoms with Crippen LogP contribution < -0.4 is 75.4 Å². The topological polar surface area (TPSA) is 93.2 Å². The van der Waals surface area contributed by atoms with Gasteiger partial charge in [-0.05, 0) is 66.9 Å². The van der Waals surface area contributed by atoms with Crippen LogP contribution in [0.4, 0.5) is 0 Å². The number of carbonyl (C=O) groups is 4. The predicted octanol–water partition coefficient (Wildman–Crippen LogP) is 8.61. The largest absolute Gasteiger partial charge is 1.00 e. The minimum Gasteiger partial charge on any atom is -1.00 e. The van der Waals surface area contributed by atoms with Gasteiger partial charge in [0.2, 0.25) is 0 Å². The van der Waals surface area contributed by atoms with Gasteiger partial charge in [0.15, 0.2) is 0 Å². The molecule has 0 N–H and O–H groups in total. The number of hydroxylamine groups is 4. The molecular weight excluding hydrogens is 963 g/mol. The molecule has 2 amide bonds. The number of hydrogen-bond acceptors (Lipinski definition) is 6. The Balaban J connectivity index is -0.000000114. The summed E-state index contributed by atoms with van der Waals surface area (Å²) in [4.78, 5) is 51.9. The van der Waals surface area contributed by atoms with Crippen molar-refractivity contribution in [1.82, 2.24) is 10.1 Å². The van der Waals surface area contributed by atoms with E-state index in [1.54, 1.807) is 38.4 Å². The summed E-state index contributed by atoms with van der Waals surface area (Å²) >= 11 is 0. The predicted molar refractivity (Wildman–Crippen MR) is 280 cm³/mol. The molecule has 0 bridgehead atoms. The van der Waals surface area contributed by atoms with Crippen molar-refractivity contribution in [1.29, 1.82) is 0 Å². The Hall–Kier alpha value is -2.29. The molecular formula is C56H95IKN2O6-. The summed E-state index contributed by atoms with van der Waals surface area (Å²) < 4.78 is 0. The van der Waals surface area contributed by atoms with Crippen molar-refractivity contribution >= 4 is 24.4 Å². The Morgan fingerprint density at radius 2 is 0.773 bits per heavy atom. The van der Waals surface area contributed by atoms with Crippen LogP contribution >= 0.6 is 0 Å². The first-order valence-electron chi connectivity index (χ1n) is 23.0. The number of aldehydes is 2. The molecule has 8 nitrogen and oxygen atoms in total. The Labute approximate surface area is 467 Å². The second kappa shape index (κ2) is 64.8. The average Bonchev–Trinajstić information content (AvgIpc) is 3.29. The van der Waals surface area contributed by atoms with Gasteiger partial charge in [0.1, 0.15) is 12.6 Å². The standard InChI is InChI=1S/C18H29NO2.C16H24O.C12H21NO2.C7H12O.C2H6.CH3.HI.K/c1-6-16(2)12-8-7-9-13-17(3)14-10-11-15-18(20)19(4)21-5;1-4-15(2)11-7-5-8-12-16(3)13-9-6-10-14-17;1-5-8-11(2)9-6-7-10-12(14)13(3)15-4;1-3-7(2)5-4-6-8;1-2;;;/h7-12,14-17H,6,13H2,1-5H3;5-11,13-16H,4,12H2,1-3H3;6-7,9-11H,5,8H2,1-4H3;4-7H,3H2,1-2H3;1-2H3;1H3;1H;/q;;;;;-1;;+1/p-1/b9-7-,12-8+,14-10+,15-11+;8-5-,10-6+,11-7+,13-9+;9-6+,10-7+;5-4+;;;;/t16-,17-;15-,16-;11-;7-;;;;/m1111..../s1. The Bertz CT molecular complexity index is 1430.